The van der Waals surface area contributed by atoms with Crippen molar-refractivity contribution in [2.75, 3.05) is 0 Å². The van der Waals surface area contributed by atoms with Gasteiger partial charge in [-0.25, -0.2) is 5.43 Å². The summed E-state index contributed by atoms with van der Waals surface area (Å²) in [5.41, 5.74) is 6.42. The van der Waals surface area contributed by atoms with Crippen LogP contribution in [0.25, 0.3) is 0 Å². The molecule has 1 amide bonds. The Morgan fingerprint density at radius 3 is 2.55 bits per heavy atom. The van der Waals surface area contributed by atoms with Gasteiger partial charge in [0.25, 0.3) is 5.91 Å². The van der Waals surface area contributed by atoms with Gasteiger partial charge in [-0.05, 0) is 44.5 Å². The van der Waals surface area contributed by atoms with Crippen molar-refractivity contribution >= 4 is 23.2 Å². The minimum atomic E-state index is -0.510. The number of rotatable bonds is 3. The first-order chi connectivity index (χ1) is 10.4. The summed E-state index contributed by atoms with van der Waals surface area (Å²) in [6, 6.07) is 10.3. The highest BCUT2D eigenvalue weighted by Gasteiger charge is 2.11. The molecule has 0 unspecified atom stereocenters. The first-order valence-corrected chi connectivity index (χ1v) is 7.17. The lowest BCUT2D eigenvalue weighted by atomic mass is 10.0. The number of hydrogen-bond acceptors (Lipinski definition) is 3. The smallest absolute Gasteiger partial charge is 0.275 e. The number of carbonyl (C=O) groups is 1. The molecule has 2 N–H and O–H groups in total. The third-order valence-corrected chi connectivity index (χ3v) is 3.54. The minimum Gasteiger partial charge on any atom is -0.507 e. The van der Waals surface area contributed by atoms with Gasteiger partial charge in [0, 0.05) is 10.6 Å². The average Bonchev–Trinajstić information content (AvgIpc) is 2.47. The molecular weight excluding hydrogens is 300 g/mol. The molecule has 2 aromatic carbocycles. The molecule has 0 spiro atoms. The number of aromatic hydroxyl groups is 1. The van der Waals surface area contributed by atoms with Gasteiger partial charge in [0.15, 0.2) is 0 Å². The molecule has 0 aliphatic carbocycles. The van der Waals surface area contributed by atoms with Gasteiger partial charge in [-0.15, -0.1) is 0 Å². The maximum atomic E-state index is 12.1. The summed E-state index contributed by atoms with van der Waals surface area (Å²) in [4.78, 5) is 12.1. The van der Waals surface area contributed by atoms with E-state index in [1.807, 2.05) is 32.9 Å². The zero-order valence-corrected chi connectivity index (χ0v) is 13.4. The second-order valence-electron chi connectivity index (χ2n) is 5.12. The van der Waals surface area contributed by atoms with E-state index in [-0.39, 0.29) is 11.3 Å². The highest BCUT2D eigenvalue weighted by atomic mass is 35.5. The van der Waals surface area contributed by atoms with Crippen molar-refractivity contribution < 1.29 is 9.90 Å². The molecule has 2 rings (SSSR count). The Morgan fingerprint density at radius 2 is 1.86 bits per heavy atom. The Bertz CT molecular complexity index is 754. The van der Waals surface area contributed by atoms with Crippen LogP contribution in [0.15, 0.2) is 41.5 Å². The number of halogens is 1. The van der Waals surface area contributed by atoms with E-state index in [0.29, 0.717) is 10.7 Å². The Kier molecular flexibility index (Phi) is 4.83. The van der Waals surface area contributed by atoms with Crippen molar-refractivity contribution in [2.24, 2.45) is 5.10 Å². The molecule has 0 radical (unpaired) electrons. The molecule has 0 aliphatic rings. The van der Waals surface area contributed by atoms with E-state index in [9.17, 15) is 9.90 Å². The number of hydrogen-bond donors (Lipinski definition) is 2. The number of aryl methyl sites for hydroxylation is 2. The van der Waals surface area contributed by atoms with Crippen LogP contribution in [0.3, 0.4) is 0 Å². The van der Waals surface area contributed by atoms with E-state index in [1.165, 1.54) is 23.8 Å². The van der Waals surface area contributed by atoms with Crippen LogP contribution in [0.4, 0.5) is 0 Å². The van der Waals surface area contributed by atoms with Crippen LogP contribution < -0.4 is 5.43 Å². The summed E-state index contributed by atoms with van der Waals surface area (Å²) in [6.07, 6.45) is 0. The summed E-state index contributed by atoms with van der Waals surface area (Å²) in [5, 5.41) is 14.2. The van der Waals surface area contributed by atoms with E-state index in [0.717, 1.165) is 11.1 Å². The number of amides is 1. The highest BCUT2D eigenvalue weighted by molar-refractivity contribution is 6.31. The molecule has 22 heavy (non-hydrogen) atoms. The maximum Gasteiger partial charge on any atom is 0.275 e. The van der Waals surface area contributed by atoms with Crippen LogP contribution in [0.5, 0.6) is 5.75 Å². The van der Waals surface area contributed by atoms with E-state index < -0.39 is 5.91 Å². The average molecular weight is 317 g/mol. The number of nitrogens with one attached hydrogen (secondary N) is 1. The molecule has 0 saturated heterocycles. The molecule has 2 aromatic rings. The third kappa shape index (κ3) is 3.65. The lowest BCUT2D eigenvalue weighted by molar-refractivity contribution is 0.0952. The quantitative estimate of drug-likeness (QED) is 0.668. The Labute approximate surface area is 134 Å². The Morgan fingerprint density at radius 1 is 1.14 bits per heavy atom. The van der Waals surface area contributed by atoms with Gasteiger partial charge in [-0.2, -0.15) is 5.10 Å². The predicted molar refractivity (Wildman–Crippen MR) is 88.7 cm³/mol. The molecule has 5 heteroatoms. The van der Waals surface area contributed by atoms with Crippen LogP contribution in [0.2, 0.25) is 5.02 Å². The van der Waals surface area contributed by atoms with Gasteiger partial charge < -0.3 is 5.11 Å². The predicted octanol–water partition coefficient (Wildman–Crippen LogP) is 3.82. The summed E-state index contributed by atoms with van der Waals surface area (Å²) < 4.78 is 0. The maximum absolute atomic E-state index is 12.1. The van der Waals surface area contributed by atoms with E-state index in [4.69, 9.17) is 11.6 Å². The molecule has 0 aliphatic heterocycles. The minimum absolute atomic E-state index is 0.0877. The van der Waals surface area contributed by atoms with Gasteiger partial charge >= 0.3 is 0 Å². The number of phenols is 1. The van der Waals surface area contributed by atoms with Crippen molar-refractivity contribution in [1.29, 1.82) is 0 Å². The third-order valence-electron chi connectivity index (χ3n) is 3.30. The topological polar surface area (TPSA) is 61.7 Å². The number of nitrogens with zero attached hydrogens (tertiary/aromatic N) is 1. The molecule has 4 nitrogen and oxygen atoms in total. The summed E-state index contributed by atoms with van der Waals surface area (Å²) in [7, 11) is 0. The number of hydrazone groups is 1. The molecule has 0 heterocycles. The van der Waals surface area contributed by atoms with E-state index in [1.54, 1.807) is 0 Å². The summed E-state index contributed by atoms with van der Waals surface area (Å²) in [6.45, 7) is 5.83. The van der Waals surface area contributed by atoms with Gasteiger partial charge in [-0.3, -0.25) is 4.79 Å². The first-order valence-electron chi connectivity index (χ1n) is 6.79. The monoisotopic (exact) mass is 316 g/mol. The van der Waals surface area contributed by atoms with Gasteiger partial charge in [0.05, 0.1) is 11.3 Å². The van der Waals surface area contributed by atoms with Crippen LogP contribution in [0.1, 0.15) is 34.0 Å². The van der Waals surface area contributed by atoms with Crippen LogP contribution >= 0.6 is 11.6 Å². The van der Waals surface area contributed by atoms with Crippen molar-refractivity contribution in [3.8, 4) is 5.75 Å². The Balaban J connectivity index is 2.20. The van der Waals surface area contributed by atoms with Crippen LogP contribution in [-0.2, 0) is 0 Å². The molecule has 0 aromatic heterocycles. The van der Waals surface area contributed by atoms with Gasteiger partial charge in [-0.1, -0.05) is 35.4 Å². The summed E-state index contributed by atoms with van der Waals surface area (Å²) in [5.74, 6) is -0.648. The molecule has 0 bridgehead atoms. The fraction of sp³-hybridized carbons (Fsp3) is 0.176. The molecule has 114 valence electrons. The molecule has 0 atom stereocenters. The largest absolute Gasteiger partial charge is 0.507 e. The fourth-order valence-corrected chi connectivity index (χ4v) is 2.34. The highest BCUT2D eigenvalue weighted by Crippen LogP contribution is 2.21. The van der Waals surface area contributed by atoms with Crippen LogP contribution in [-0.4, -0.2) is 16.7 Å². The summed E-state index contributed by atoms with van der Waals surface area (Å²) >= 11 is 5.83. The second-order valence-corrected chi connectivity index (χ2v) is 5.55. The molecule has 0 saturated carbocycles. The number of benzene rings is 2. The lowest BCUT2D eigenvalue weighted by Crippen LogP contribution is -2.19. The first kappa shape index (κ1) is 16.0. The van der Waals surface area contributed by atoms with Crippen molar-refractivity contribution in [1.82, 2.24) is 5.43 Å². The zero-order chi connectivity index (χ0) is 16.3. The van der Waals surface area contributed by atoms with E-state index in [2.05, 4.69) is 16.6 Å². The van der Waals surface area contributed by atoms with Crippen molar-refractivity contribution in [3.63, 3.8) is 0 Å². The van der Waals surface area contributed by atoms with Crippen LogP contribution in [0, 0.1) is 13.8 Å². The molecular formula is C17H17ClN2O2. The lowest BCUT2D eigenvalue weighted by Gasteiger charge is -2.08. The zero-order valence-electron chi connectivity index (χ0n) is 12.6. The fourth-order valence-electron chi connectivity index (χ4n) is 2.16. The number of phenolic OH excluding ortho intramolecular Hbond substituents is 1. The SMILES string of the molecule is C/C(=N\NC(=O)c1cc(Cl)ccc1O)c1ccc(C)cc1C. The van der Waals surface area contributed by atoms with Gasteiger partial charge in [0.2, 0.25) is 0 Å². The standard InChI is InChI=1S/C17H17ClN2O2/c1-10-4-6-14(11(2)8-10)12(3)19-20-17(22)15-9-13(18)5-7-16(15)21/h4-9,21H,1-3H3,(H,20,22)/b19-12+. The van der Waals surface area contributed by atoms with Gasteiger partial charge in [0.1, 0.15) is 5.75 Å². The van der Waals surface area contributed by atoms with Crippen molar-refractivity contribution in [2.45, 2.75) is 20.8 Å². The van der Waals surface area contributed by atoms with E-state index >= 15 is 0 Å². The Hall–Kier alpha value is -2.33. The second kappa shape index (κ2) is 6.62. The van der Waals surface area contributed by atoms with Crippen molar-refractivity contribution in [3.05, 3.63) is 63.7 Å². The molecule has 0 fully saturated rings. The normalized spacial score (nSPS) is 11.4. The number of carbonyl (C=O) groups excluding carboxylic acids is 1.